The van der Waals surface area contributed by atoms with E-state index in [1.165, 1.54) is 7.11 Å². The molecule has 0 amide bonds. The van der Waals surface area contributed by atoms with E-state index in [1.54, 1.807) is 19.1 Å². The molecule has 3 heterocycles. The quantitative estimate of drug-likeness (QED) is 0.820. The molecule has 124 valence electrons. The van der Waals surface area contributed by atoms with Crippen LogP contribution in [0.4, 0.5) is 0 Å². The maximum Gasteiger partial charge on any atom is 0.337 e. The van der Waals surface area contributed by atoms with E-state index in [0.29, 0.717) is 34.0 Å². The smallest absolute Gasteiger partial charge is 0.337 e. The molecule has 0 saturated carbocycles. The number of nitrogens with one attached hydrogen (secondary N) is 1. The van der Waals surface area contributed by atoms with Crippen molar-refractivity contribution in [2.45, 2.75) is 12.8 Å². The number of carbonyl (C=O) groups is 2. The van der Waals surface area contributed by atoms with E-state index in [2.05, 4.69) is 5.32 Å². The largest absolute Gasteiger partial charge is 0.466 e. The molecule has 1 aromatic rings. The monoisotopic (exact) mass is 329 g/mol. The molecule has 1 unspecified atom stereocenters. The lowest BCUT2D eigenvalue weighted by atomic mass is 9.81. The van der Waals surface area contributed by atoms with Crippen molar-refractivity contribution in [3.05, 3.63) is 46.3 Å². The number of rotatable bonds is 2. The standard InChI is InChI=1S/C17H15NO6/c1-8-13(16(19)21-2)14(15-10(18-8)6-22-17(15)20)9-3-4-11-12(5-9)24-7-23-11/h3-5,14,18H,6-7H2,1-2H3. The van der Waals surface area contributed by atoms with E-state index in [0.717, 1.165) is 5.56 Å². The Morgan fingerprint density at radius 2 is 2.04 bits per heavy atom. The van der Waals surface area contributed by atoms with E-state index in [9.17, 15) is 9.59 Å². The first kappa shape index (κ1) is 14.6. The minimum Gasteiger partial charge on any atom is -0.466 e. The summed E-state index contributed by atoms with van der Waals surface area (Å²) in [4.78, 5) is 24.6. The van der Waals surface area contributed by atoms with E-state index in [1.807, 2.05) is 6.07 Å². The van der Waals surface area contributed by atoms with Crippen LogP contribution >= 0.6 is 0 Å². The van der Waals surface area contributed by atoms with Gasteiger partial charge in [-0.05, 0) is 24.6 Å². The topological polar surface area (TPSA) is 83.1 Å². The number of allylic oxidation sites excluding steroid dienone is 1. The minimum absolute atomic E-state index is 0.153. The van der Waals surface area contributed by atoms with Crippen molar-refractivity contribution in [1.29, 1.82) is 0 Å². The average Bonchev–Trinajstić information content (AvgIpc) is 3.19. The van der Waals surface area contributed by atoms with Crippen LogP contribution in [-0.2, 0) is 19.1 Å². The van der Waals surface area contributed by atoms with Gasteiger partial charge in [-0.1, -0.05) is 6.07 Å². The molecule has 0 bridgehead atoms. The van der Waals surface area contributed by atoms with Crippen LogP contribution in [0.15, 0.2) is 40.7 Å². The minimum atomic E-state index is -0.571. The van der Waals surface area contributed by atoms with Crippen molar-refractivity contribution in [3.8, 4) is 11.5 Å². The summed E-state index contributed by atoms with van der Waals surface area (Å²) in [6.45, 7) is 2.10. The van der Waals surface area contributed by atoms with Gasteiger partial charge in [0.2, 0.25) is 6.79 Å². The van der Waals surface area contributed by atoms with Gasteiger partial charge in [0.15, 0.2) is 11.5 Å². The molecule has 3 aliphatic heterocycles. The van der Waals surface area contributed by atoms with Gasteiger partial charge in [-0.25, -0.2) is 9.59 Å². The maximum absolute atomic E-state index is 12.3. The average molecular weight is 329 g/mol. The number of fused-ring (bicyclic) bond motifs is 1. The molecule has 24 heavy (non-hydrogen) atoms. The van der Waals surface area contributed by atoms with Gasteiger partial charge in [0.05, 0.1) is 29.9 Å². The summed E-state index contributed by atoms with van der Waals surface area (Å²) < 4.78 is 20.8. The number of carbonyl (C=O) groups excluding carboxylic acids is 2. The van der Waals surface area contributed by atoms with E-state index >= 15 is 0 Å². The molecule has 0 aromatic heterocycles. The lowest BCUT2D eigenvalue weighted by Crippen LogP contribution is -2.29. The molecule has 1 atom stereocenters. The van der Waals surface area contributed by atoms with E-state index in [4.69, 9.17) is 18.9 Å². The van der Waals surface area contributed by atoms with Crippen molar-refractivity contribution < 1.29 is 28.5 Å². The van der Waals surface area contributed by atoms with Crippen molar-refractivity contribution in [2.75, 3.05) is 20.5 Å². The van der Waals surface area contributed by atoms with Crippen LogP contribution in [0.1, 0.15) is 18.4 Å². The van der Waals surface area contributed by atoms with Crippen molar-refractivity contribution in [1.82, 2.24) is 5.32 Å². The van der Waals surface area contributed by atoms with Crippen LogP contribution in [0.2, 0.25) is 0 Å². The second-order valence-electron chi connectivity index (χ2n) is 5.67. The summed E-state index contributed by atoms with van der Waals surface area (Å²) in [5, 5.41) is 3.08. The van der Waals surface area contributed by atoms with E-state index in [-0.39, 0.29) is 13.4 Å². The molecule has 0 spiro atoms. The highest BCUT2D eigenvalue weighted by atomic mass is 16.7. The Morgan fingerprint density at radius 1 is 1.25 bits per heavy atom. The van der Waals surface area contributed by atoms with E-state index < -0.39 is 17.9 Å². The number of hydrogen-bond donors (Lipinski definition) is 1. The maximum atomic E-state index is 12.3. The molecule has 3 aliphatic rings. The van der Waals surface area contributed by atoms with Crippen molar-refractivity contribution in [3.63, 3.8) is 0 Å². The van der Waals surface area contributed by atoms with Crippen LogP contribution in [-0.4, -0.2) is 32.4 Å². The SMILES string of the molecule is COC(=O)C1=C(C)NC2=C(C(=O)OC2)C1c1ccc2c(c1)OCO2. The normalized spacial score (nSPS) is 21.4. The Balaban J connectivity index is 1.88. The third kappa shape index (κ3) is 2.05. The number of esters is 2. The van der Waals surface area contributed by atoms with Crippen LogP contribution in [0.3, 0.4) is 0 Å². The number of ether oxygens (including phenoxy) is 4. The molecule has 0 fully saturated rings. The number of dihydropyridines is 1. The van der Waals surface area contributed by atoms with Gasteiger partial charge < -0.3 is 24.3 Å². The molecule has 0 aliphatic carbocycles. The molecule has 7 heteroatoms. The Kier molecular flexibility index (Phi) is 3.23. The zero-order valence-electron chi connectivity index (χ0n) is 13.2. The van der Waals surface area contributed by atoms with Gasteiger partial charge in [0, 0.05) is 5.70 Å². The highest BCUT2D eigenvalue weighted by Crippen LogP contribution is 2.44. The van der Waals surface area contributed by atoms with Crippen LogP contribution in [0, 0.1) is 0 Å². The molecule has 1 aromatic carbocycles. The van der Waals surface area contributed by atoms with Gasteiger partial charge in [-0.3, -0.25) is 0 Å². The Hall–Kier alpha value is -2.96. The van der Waals surface area contributed by atoms with Gasteiger partial charge in [0.25, 0.3) is 0 Å². The summed E-state index contributed by atoms with van der Waals surface area (Å²) in [6.07, 6.45) is 0. The van der Waals surface area contributed by atoms with Gasteiger partial charge in [0.1, 0.15) is 6.61 Å². The first-order chi connectivity index (χ1) is 11.6. The first-order valence-electron chi connectivity index (χ1n) is 7.46. The molecule has 7 nitrogen and oxygen atoms in total. The fraction of sp³-hybridized carbons (Fsp3) is 0.294. The lowest BCUT2D eigenvalue weighted by molar-refractivity contribution is -0.136. The number of hydrogen-bond acceptors (Lipinski definition) is 7. The van der Waals surface area contributed by atoms with Crippen LogP contribution in [0.5, 0.6) is 11.5 Å². The molecular formula is C17H15NO6. The van der Waals surface area contributed by atoms with Crippen molar-refractivity contribution in [2.24, 2.45) is 0 Å². The summed E-state index contributed by atoms with van der Waals surface area (Å²) >= 11 is 0. The third-order valence-corrected chi connectivity index (χ3v) is 4.35. The molecular weight excluding hydrogens is 314 g/mol. The third-order valence-electron chi connectivity index (χ3n) is 4.35. The zero-order chi connectivity index (χ0) is 16.8. The second kappa shape index (κ2) is 5.30. The first-order valence-corrected chi connectivity index (χ1v) is 7.46. The summed E-state index contributed by atoms with van der Waals surface area (Å²) in [6, 6.07) is 5.37. The fourth-order valence-electron chi connectivity index (χ4n) is 3.27. The zero-order valence-corrected chi connectivity index (χ0v) is 13.2. The predicted molar refractivity (Wildman–Crippen MR) is 81.1 cm³/mol. The fourth-order valence-corrected chi connectivity index (χ4v) is 3.27. The van der Waals surface area contributed by atoms with Crippen LogP contribution < -0.4 is 14.8 Å². The Labute approximate surface area is 137 Å². The summed E-state index contributed by atoms with van der Waals surface area (Å²) in [5.74, 6) is -0.279. The number of benzene rings is 1. The lowest BCUT2D eigenvalue weighted by Gasteiger charge is -2.27. The number of methoxy groups -OCH3 is 1. The van der Waals surface area contributed by atoms with Crippen molar-refractivity contribution >= 4 is 11.9 Å². The molecule has 4 rings (SSSR count). The molecule has 0 radical (unpaired) electrons. The molecule has 0 saturated heterocycles. The Bertz CT molecular complexity index is 822. The number of cyclic esters (lactones) is 1. The highest BCUT2D eigenvalue weighted by molar-refractivity contribution is 6.01. The predicted octanol–water partition coefficient (Wildman–Crippen LogP) is 1.36. The van der Waals surface area contributed by atoms with Gasteiger partial charge in [-0.15, -0.1) is 0 Å². The van der Waals surface area contributed by atoms with Crippen LogP contribution in [0.25, 0.3) is 0 Å². The summed E-state index contributed by atoms with van der Waals surface area (Å²) in [5.41, 5.74) is 2.87. The van der Waals surface area contributed by atoms with Gasteiger partial charge >= 0.3 is 11.9 Å². The second-order valence-corrected chi connectivity index (χ2v) is 5.67. The van der Waals surface area contributed by atoms with Gasteiger partial charge in [-0.2, -0.15) is 0 Å². The Morgan fingerprint density at radius 3 is 2.83 bits per heavy atom. The highest BCUT2D eigenvalue weighted by Gasteiger charge is 2.42. The summed E-state index contributed by atoms with van der Waals surface area (Å²) in [7, 11) is 1.32. The molecule has 1 N–H and O–H groups in total.